The van der Waals surface area contributed by atoms with Crippen LogP contribution in [0.4, 0.5) is 0 Å². The lowest BCUT2D eigenvalue weighted by Crippen LogP contribution is -2.23. The normalized spacial score (nSPS) is 11.4. The molecule has 8 nitrogen and oxygen atoms in total. The summed E-state index contributed by atoms with van der Waals surface area (Å²) >= 11 is 1.12. The fourth-order valence-corrected chi connectivity index (χ4v) is 4.57. The van der Waals surface area contributed by atoms with E-state index in [9.17, 15) is 13.2 Å². The third-order valence-corrected chi connectivity index (χ3v) is 6.43. The second-order valence-electron chi connectivity index (χ2n) is 5.39. The monoisotopic (exact) mass is 391 g/mol. The molecule has 0 aromatic carbocycles. The first-order valence-corrected chi connectivity index (χ1v) is 10.0. The van der Waals surface area contributed by atoms with E-state index in [1.807, 2.05) is 0 Å². The van der Waals surface area contributed by atoms with Gasteiger partial charge in [-0.3, -0.25) is 4.79 Å². The Morgan fingerprint density at radius 1 is 1.19 bits per heavy atom. The third-order valence-electron chi connectivity index (χ3n) is 3.45. The predicted octanol–water partition coefficient (Wildman–Crippen LogP) is 1.44. The molecule has 0 atom stereocenters. The molecule has 0 fully saturated rings. The van der Waals surface area contributed by atoms with Gasteiger partial charge in [-0.1, -0.05) is 6.07 Å². The molecule has 3 aromatic rings. The molecule has 0 bridgehead atoms. The molecule has 2 N–H and O–H groups in total. The average molecular weight is 391 g/mol. The summed E-state index contributed by atoms with van der Waals surface area (Å²) in [6.07, 6.45) is 5.00. The number of amides is 1. The third kappa shape index (κ3) is 4.34. The summed E-state index contributed by atoms with van der Waals surface area (Å²) in [7, 11) is -3.66. The van der Waals surface area contributed by atoms with Crippen LogP contribution in [0.3, 0.4) is 0 Å². The molecule has 26 heavy (non-hydrogen) atoms. The first kappa shape index (κ1) is 18.2. The van der Waals surface area contributed by atoms with Crippen molar-refractivity contribution < 1.29 is 13.2 Å². The molecule has 0 aliphatic carbocycles. The van der Waals surface area contributed by atoms with Crippen molar-refractivity contribution in [1.29, 1.82) is 0 Å². The van der Waals surface area contributed by atoms with Gasteiger partial charge in [0.1, 0.15) is 4.21 Å². The molecule has 3 heterocycles. The summed E-state index contributed by atoms with van der Waals surface area (Å²) < 4.78 is 29.4. The summed E-state index contributed by atoms with van der Waals surface area (Å²) in [5, 5.41) is 6.78. The number of aromatic nitrogens is 3. The van der Waals surface area contributed by atoms with Crippen LogP contribution >= 0.6 is 11.3 Å². The highest BCUT2D eigenvalue weighted by atomic mass is 32.2. The summed E-state index contributed by atoms with van der Waals surface area (Å²) in [6.45, 7) is 1.81. The number of sulfonamides is 1. The Labute approximate surface area is 154 Å². The molecule has 10 heteroatoms. The number of pyridine rings is 1. The van der Waals surface area contributed by atoms with Gasteiger partial charge in [0, 0.05) is 42.5 Å². The standard InChI is InChI=1S/C16H17N5O3S2/c1-12(22)18-11-14-5-6-15(25-14)26(23,24)20-10-13-4-2-7-17-16(13)21-9-3-8-19-21/h2-9,20H,10-11H2,1H3,(H,18,22). The maximum atomic E-state index is 12.5. The first-order valence-electron chi connectivity index (χ1n) is 7.72. The van der Waals surface area contributed by atoms with E-state index in [0.29, 0.717) is 17.9 Å². The average Bonchev–Trinajstić information content (AvgIpc) is 3.30. The van der Waals surface area contributed by atoms with E-state index in [0.717, 1.165) is 16.2 Å². The van der Waals surface area contributed by atoms with Gasteiger partial charge in [0.2, 0.25) is 15.9 Å². The van der Waals surface area contributed by atoms with E-state index < -0.39 is 10.0 Å². The van der Waals surface area contributed by atoms with Crippen molar-refractivity contribution >= 4 is 27.3 Å². The van der Waals surface area contributed by atoms with Gasteiger partial charge in [0.15, 0.2) is 5.82 Å². The Morgan fingerprint density at radius 2 is 2.04 bits per heavy atom. The van der Waals surface area contributed by atoms with Crippen LogP contribution in [0.5, 0.6) is 0 Å². The van der Waals surface area contributed by atoms with Crippen molar-refractivity contribution in [2.45, 2.75) is 24.2 Å². The van der Waals surface area contributed by atoms with Crippen LogP contribution in [0.1, 0.15) is 17.4 Å². The molecular formula is C16H17N5O3S2. The minimum atomic E-state index is -3.66. The number of nitrogens with zero attached hydrogens (tertiary/aromatic N) is 3. The Balaban J connectivity index is 1.73. The zero-order valence-corrected chi connectivity index (χ0v) is 15.5. The molecule has 0 saturated carbocycles. The maximum Gasteiger partial charge on any atom is 0.250 e. The van der Waals surface area contributed by atoms with E-state index in [-0.39, 0.29) is 16.7 Å². The number of carbonyl (C=O) groups excluding carboxylic acids is 1. The number of carbonyl (C=O) groups is 1. The minimum absolute atomic E-state index is 0.0876. The maximum absolute atomic E-state index is 12.5. The van der Waals surface area contributed by atoms with Crippen LogP contribution in [-0.2, 0) is 27.9 Å². The van der Waals surface area contributed by atoms with Gasteiger partial charge in [0.25, 0.3) is 0 Å². The van der Waals surface area contributed by atoms with Crippen molar-refractivity contribution in [1.82, 2.24) is 24.8 Å². The Kier molecular flexibility index (Phi) is 5.45. The van der Waals surface area contributed by atoms with E-state index in [1.165, 1.54) is 13.0 Å². The van der Waals surface area contributed by atoms with Crippen molar-refractivity contribution in [3.8, 4) is 5.82 Å². The van der Waals surface area contributed by atoms with Crippen molar-refractivity contribution in [3.05, 3.63) is 59.4 Å². The molecule has 1 amide bonds. The van der Waals surface area contributed by atoms with Gasteiger partial charge in [0.05, 0.1) is 6.54 Å². The largest absolute Gasteiger partial charge is 0.351 e. The van der Waals surface area contributed by atoms with Crippen molar-refractivity contribution in [2.75, 3.05) is 0 Å². The second kappa shape index (κ2) is 7.77. The highest BCUT2D eigenvalue weighted by Crippen LogP contribution is 2.22. The zero-order chi connectivity index (χ0) is 18.6. The van der Waals surface area contributed by atoms with Gasteiger partial charge in [-0.25, -0.2) is 22.8 Å². The summed E-state index contributed by atoms with van der Waals surface area (Å²) in [5.74, 6) is 0.404. The van der Waals surface area contributed by atoms with E-state index in [2.05, 4.69) is 20.1 Å². The lowest BCUT2D eigenvalue weighted by atomic mass is 10.2. The highest BCUT2D eigenvalue weighted by Gasteiger charge is 2.18. The molecule has 0 unspecified atom stereocenters. The van der Waals surface area contributed by atoms with Crippen LogP contribution in [0.25, 0.3) is 5.82 Å². The Hall–Kier alpha value is -2.56. The fourth-order valence-electron chi connectivity index (χ4n) is 2.22. The number of hydrogen-bond acceptors (Lipinski definition) is 6. The molecule has 3 aromatic heterocycles. The van der Waals surface area contributed by atoms with Crippen LogP contribution in [0.2, 0.25) is 0 Å². The number of rotatable bonds is 7. The van der Waals surface area contributed by atoms with Gasteiger partial charge in [-0.15, -0.1) is 11.3 Å². The molecule has 0 radical (unpaired) electrons. The number of hydrogen-bond donors (Lipinski definition) is 2. The lowest BCUT2D eigenvalue weighted by Gasteiger charge is -2.09. The van der Waals surface area contributed by atoms with E-state index >= 15 is 0 Å². The van der Waals surface area contributed by atoms with Crippen LogP contribution in [0, 0.1) is 0 Å². The number of nitrogens with one attached hydrogen (secondary N) is 2. The van der Waals surface area contributed by atoms with Gasteiger partial charge in [-0.05, 0) is 24.3 Å². The smallest absolute Gasteiger partial charge is 0.250 e. The quantitative estimate of drug-likeness (QED) is 0.634. The molecule has 0 aliphatic rings. The second-order valence-corrected chi connectivity index (χ2v) is 8.55. The molecule has 0 aliphatic heterocycles. The first-order chi connectivity index (χ1) is 12.5. The zero-order valence-electron chi connectivity index (χ0n) is 13.9. The SMILES string of the molecule is CC(=O)NCc1ccc(S(=O)(=O)NCc2cccnc2-n2cccn2)s1. The molecule has 0 spiro atoms. The minimum Gasteiger partial charge on any atom is -0.351 e. The van der Waals surface area contributed by atoms with Gasteiger partial charge in [-0.2, -0.15) is 5.10 Å². The van der Waals surface area contributed by atoms with Gasteiger partial charge < -0.3 is 5.32 Å². The predicted molar refractivity (Wildman–Crippen MR) is 97.2 cm³/mol. The van der Waals surface area contributed by atoms with Crippen molar-refractivity contribution in [3.63, 3.8) is 0 Å². The van der Waals surface area contributed by atoms with Crippen LogP contribution in [0.15, 0.2) is 53.1 Å². The summed E-state index contributed by atoms with van der Waals surface area (Å²) in [5.41, 5.74) is 0.704. The van der Waals surface area contributed by atoms with Gasteiger partial charge >= 0.3 is 0 Å². The Bertz CT molecular complexity index is 997. The molecule has 3 rings (SSSR count). The lowest BCUT2D eigenvalue weighted by molar-refractivity contribution is -0.119. The van der Waals surface area contributed by atoms with Crippen LogP contribution in [-0.4, -0.2) is 29.1 Å². The molecular weight excluding hydrogens is 374 g/mol. The summed E-state index contributed by atoms with van der Waals surface area (Å²) in [6, 6.07) is 8.53. The molecule has 0 saturated heterocycles. The molecule has 136 valence electrons. The van der Waals surface area contributed by atoms with E-state index in [4.69, 9.17) is 0 Å². The van der Waals surface area contributed by atoms with E-state index in [1.54, 1.807) is 47.5 Å². The Morgan fingerprint density at radius 3 is 2.77 bits per heavy atom. The fraction of sp³-hybridized carbons (Fsp3) is 0.188. The highest BCUT2D eigenvalue weighted by molar-refractivity contribution is 7.91. The van der Waals surface area contributed by atoms with Crippen molar-refractivity contribution in [2.24, 2.45) is 0 Å². The summed E-state index contributed by atoms with van der Waals surface area (Å²) in [4.78, 5) is 16.0. The topological polar surface area (TPSA) is 106 Å². The number of thiophene rings is 1. The van der Waals surface area contributed by atoms with Crippen LogP contribution < -0.4 is 10.0 Å².